The Morgan fingerprint density at radius 1 is 1.44 bits per heavy atom. The molecule has 1 aliphatic heterocycles. The molecule has 0 radical (unpaired) electrons. The summed E-state index contributed by atoms with van der Waals surface area (Å²) in [5, 5.41) is 12.0. The van der Waals surface area contributed by atoms with Crippen molar-refractivity contribution in [1.29, 1.82) is 0 Å². The van der Waals surface area contributed by atoms with E-state index in [2.05, 4.69) is 17.1 Å². The van der Waals surface area contributed by atoms with Gasteiger partial charge in [0.2, 0.25) is 0 Å². The monoisotopic (exact) mass is 229 g/mol. The van der Waals surface area contributed by atoms with Gasteiger partial charge in [0.15, 0.2) is 0 Å². The van der Waals surface area contributed by atoms with Crippen LogP contribution in [0.25, 0.3) is 0 Å². The standard InChI is InChI=1S/C11H23N3O2/c1-2-3-4-5-10(11(15)13-16)14-8-6-12-7-9-14/h10,12,16H,2-9H2,1H3,(H,13,15). The molecule has 0 spiro atoms. The minimum atomic E-state index is -0.266. The summed E-state index contributed by atoms with van der Waals surface area (Å²) >= 11 is 0. The molecule has 3 N–H and O–H groups in total. The molecule has 0 aromatic rings. The fourth-order valence-electron chi connectivity index (χ4n) is 2.14. The number of hydrogen-bond donors (Lipinski definition) is 3. The van der Waals surface area contributed by atoms with Crippen LogP contribution < -0.4 is 10.8 Å². The van der Waals surface area contributed by atoms with Crippen LogP contribution in [0.3, 0.4) is 0 Å². The first kappa shape index (κ1) is 13.4. The fourth-order valence-corrected chi connectivity index (χ4v) is 2.14. The lowest BCUT2D eigenvalue weighted by Gasteiger charge is -2.33. The van der Waals surface area contributed by atoms with Gasteiger partial charge >= 0.3 is 0 Å². The van der Waals surface area contributed by atoms with Gasteiger partial charge in [0.05, 0.1) is 6.04 Å². The lowest BCUT2D eigenvalue weighted by atomic mass is 10.1. The zero-order valence-corrected chi connectivity index (χ0v) is 10.0. The second-order valence-electron chi connectivity index (χ2n) is 4.27. The molecule has 1 rings (SSSR count). The topological polar surface area (TPSA) is 64.6 Å². The number of rotatable bonds is 6. The molecule has 5 nitrogen and oxygen atoms in total. The molecule has 0 aliphatic carbocycles. The number of piperazine rings is 1. The van der Waals surface area contributed by atoms with Crippen molar-refractivity contribution in [2.75, 3.05) is 26.2 Å². The molecule has 16 heavy (non-hydrogen) atoms. The van der Waals surface area contributed by atoms with E-state index in [1.807, 2.05) is 0 Å². The van der Waals surface area contributed by atoms with Gasteiger partial charge in [0, 0.05) is 26.2 Å². The molecule has 5 heteroatoms. The minimum absolute atomic E-state index is 0.168. The van der Waals surface area contributed by atoms with E-state index in [1.54, 1.807) is 5.48 Å². The third-order valence-electron chi connectivity index (χ3n) is 3.09. The molecular weight excluding hydrogens is 206 g/mol. The summed E-state index contributed by atoms with van der Waals surface area (Å²) in [7, 11) is 0. The highest BCUT2D eigenvalue weighted by Gasteiger charge is 2.26. The van der Waals surface area contributed by atoms with Crippen LogP contribution in [0.5, 0.6) is 0 Å². The summed E-state index contributed by atoms with van der Waals surface area (Å²) < 4.78 is 0. The highest BCUT2D eigenvalue weighted by atomic mass is 16.5. The Morgan fingerprint density at radius 3 is 2.69 bits per heavy atom. The quantitative estimate of drug-likeness (QED) is 0.349. The van der Waals surface area contributed by atoms with Crippen molar-refractivity contribution in [3.05, 3.63) is 0 Å². The molecule has 1 atom stereocenters. The Labute approximate surface area is 97.2 Å². The first-order chi connectivity index (χ1) is 7.79. The largest absolute Gasteiger partial charge is 0.314 e. The third kappa shape index (κ3) is 4.08. The first-order valence-corrected chi connectivity index (χ1v) is 6.18. The second-order valence-corrected chi connectivity index (χ2v) is 4.27. The predicted molar refractivity (Wildman–Crippen MR) is 62.3 cm³/mol. The molecule has 0 saturated carbocycles. The smallest absolute Gasteiger partial charge is 0.260 e. The van der Waals surface area contributed by atoms with Gasteiger partial charge < -0.3 is 5.32 Å². The van der Waals surface area contributed by atoms with E-state index in [-0.39, 0.29) is 11.9 Å². The highest BCUT2D eigenvalue weighted by Crippen LogP contribution is 2.11. The zero-order chi connectivity index (χ0) is 11.8. The second kappa shape index (κ2) is 7.60. The number of carbonyl (C=O) groups excluding carboxylic acids is 1. The van der Waals surface area contributed by atoms with Gasteiger partial charge in [-0.25, -0.2) is 5.48 Å². The van der Waals surface area contributed by atoms with Crippen molar-refractivity contribution in [2.45, 2.75) is 38.6 Å². The molecule has 94 valence electrons. The van der Waals surface area contributed by atoms with Crippen molar-refractivity contribution < 1.29 is 10.0 Å². The van der Waals surface area contributed by atoms with Crippen molar-refractivity contribution >= 4 is 5.91 Å². The molecule has 1 amide bonds. The Morgan fingerprint density at radius 2 is 2.12 bits per heavy atom. The number of hydroxylamine groups is 1. The van der Waals surface area contributed by atoms with E-state index in [4.69, 9.17) is 5.21 Å². The summed E-state index contributed by atoms with van der Waals surface area (Å²) in [6.07, 6.45) is 4.16. The maximum atomic E-state index is 11.6. The fraction of sp³-hybridized carbons (Fsp3) is 0.909. The SMILES string of the molecule is CCCCCC(C(=O)NO)N1CCNCC1. The normalized spacial score (nSPS) is 19.4. The van der Waals surface area contributed by atoms with Crippen LogP contribution >= 0.6 is 0 Å². The van der Waals surface area contributed by atoms with E-state index < -0.39 is 0 Å². The van der Waals surface area contributed by atoms with Crippen LogP contribution in [0, 0.1) is 0 Å². The number of hydrogen-bond acceptors (Lipinski definition) is 4. The number of carbonyl (C=O) groups is 1. The average molecular weight is 229 g/mol. The average Bonchev–Trinajstić information content (AvgIpc) is 2.35. The van der Waals surface area contributed by atoms with Gasteiger partial charge in [-0.2, -0.15) is 0 Å². The van der Waals surface area contributed by atoms with Gasteiger partial charge in [-0.1, -0.05) is 26.2 Å². The molecule has 1 saturated heterocycles. The van der Waals surface area contributed by atoms with Crippen LogP contribution in [0.4, 0.5) is 0 Å². The van der Waals surface area contributed by atoms with Gasteiger partial charge in [-0.05, 0) is 6.42 Å². The highest BCUT2D eigenvalue weighted by molar-refractivity contribution is 5.80. The Hall–Kier alpha value is -0.650. The summed E-state index contributed by atoms with van der Waals surface area (Å²) in [5.41, 5.74) is 1.79. The molecule has 1 aliphatic rings. The first-order valence-electron chi connectivity index (χ1n) is 6.18. The van der Waals surface area contributed by atoms with Gasteiger partial charge in [0.25, 0.3) is 5.91 Å². The summed E-state index contributed by atoms with van der Waals surface area (Å²) in [6.45, 7) is 5.74. The van der Waals surface area contributed by atoms with Crippen molar-refractivity contribution in [1.82, 2.24) is 15.7 Å². The maximum absolute atomic E-state index is 11.6. The Kier molecular flexibility index (Phi) is 6.37. The van der Waals surface area contributed by atoms with Crippen molar-refractivity contribution in [3.8, 4) is 0 Å². The van der Waals surface area contributed by atoms with Gasteiger partial charge in [-0.15, -0.1) is 0 Å². The Balaban J connectivity index is 2.44. The van der Waals surface area contributed by atoms with Crippen LogP contribution in [-0.2, 0) is 4.79 Å². The lowest BCUT2D eigenvalue weighted by molar-refractivity contribution is -0.135. The number of nitrogens with zero attached hydrogens (tertiary/aromatic N) is 1. The predicted octanol–water partition coefficient (Wildman–Crippen LogP) is 0.346. The van der Waals surface area contributed by atoms with Crippen molar-refractivity contribution in [3.63, 3.8) is 0 Å². The minimum Gasteiger partial charge on any atom is -0.314 e. The number of unbranched alkanes of at least 4 members (excludes halogenated alkanes) is 2. The maximum Gasteiger partial charge on any atom is 0.260 e. The molecule has 1 fully saturated rings. The van der Waals surface area contributed by atoms with Crippen LogP contribution in [0.15, 0.2) is 0 Å². The summed E-state index contributed by atoms with van der Waals surface area (Å²) in [6, 6.07) is -0.168. The van der Waals surface area contributed by atoms with Gasteiger partial charge in [-0.3, -0.25) is 14.9 Å². The molecule has 1 unspecified atom stereocenters. The van der Waals surface area contributed by atoms with Gasteiger partial charge in [0.1, 0.15) is 0 Å². The van der Waals surface area contributed by atoms with E-state index in [9.17, 15) is 4.79 Å². The zero-order valence-electron chi connectivity index (χ0n) is 10.0. The van der Waals surface area contributed by atoms with Crippen LogP contribution in [-0.4, -0.2) is 48.2 Å². The van der Waals surface area contributed by atoms with Crippen LogP contribution in [0.2, 0.25) is 0 Å². The number of nitrogens with one attached hydrogen (secondary N) is 2. The molecular formula is C11H23N3O2. The molecule has 0 bridgehead atoms. The molecule has 0 aromatic carbocycles. The molecule has 0 aromatic heterocycles. The van der Waals surface area contributed by atoms with E-state index >= 15 is 0 Å². The molecule has 1 heterocycles. The van der Waals surface area contributed by atoms with E-state index in [0.717, 1.165) is 51.9 Å². The summed E-state index contributed by atoms with van der Waals surface area (Å²) in [5.74, 6) is -0.266. The summed E-state index contributed by atoms with van der Waals surface area (Å²) in [4.78, 5) is 13.7. The van der Waals surface area contributed by atoms with Crippen molar-refractivity contribution in [2.24, 2.45) is 0 Å². The Bertz CT molecular complexity index is 205. The lowest BCUT2D eigenvalue weighted by Crippen LogP contribution is -2.53. The third-order valence-corrected chi connectivity index (χ3v) is 3.09. The number of amides is 1. The van der Waals surface area contributed by atoms with E-state index in [0.29, 0.717) is 0 Å². The van der Waals surface area contributed by atoms with Crippen LogP contribution in [0.1, 0.15) is 32.6 Å². The van der Waals surface area contributed by atoms with E-state index in [1.165, 1.54) is 0 Å².